The smallest absolute Gasteiger partial charge is 0.213 e. The van der Waals surface area contributed by atoms with Crippen LogP contribution in [0.15, 0.2) is 53.7 Å². The molecule has 0 bridgehead atoms. The minimum absolute atomic E-state index is 0.513. The Hall–Kier alpha value is -2.56. The lowest BCUT2D eigenvalue weighted by Crippen LogP contribution is -2.00. The van der Waals surface area contributed by atoms with Gasteiger partial charge in [0.2, 0.25) is 5.95 Å². The molecule has 1 N–H and O–H groups in total. The topological polar surface area (TPSA) is 50.2 Å². The van der Waals surface area contributed by atoms with E-state index in [4.69, 9.17) is 0 Å². The van der Waals surface area contributed by atoms with Gasteiger partial charge in [0.05, 0.1) is 11.0 Å². The zero-order chi connectivity index (χ0) is 13.7. The highest BCUT2D eigenvalue weighted by molar-refractivity contribution is 5.77. The molecule has 0 amide bonds. The van der Waals surface area contributed by atoms with E-state index in [1.165, 1.54) is 6.07 Å². The van der Waals surface area contributed by atoms with Gasteiger partial charge in [-0.1, -0.05) is 6.58 Å². The van der Waals surface area contributed by atoms with Crippen LogP contribution >= 0.6 is 0 Å². The van der Waals surface area contributed by atoms with Gasteiger partial charge in [0.15, 0.2) is 0 Å². The molecule has 2 aromatic rings. The molecule has 0 spiro atoms. The van der Waals surface area contributed by atoms with Crippen LogP contribution in [-0.4, -0.2) is 23.2 Å². The molecule has 0 unspecified atom stereocenters. The molecular formula is C14H13FN4. The fourth-order valence-electron chi connectivity index (χ4n) is 1.52. The maximum absolute atomic E-state index is 12.9. The van der Waals surface area contributed by atoms with Crippen molar-refractivity contribution in [1.29, 1.82) is 0 Å². The summed E-state index contributed by atoms with van der Waals surface area (Å²) in [5.41, 5.74) is 1.91. The number of aliphatic imine (C=N–C) groups is 1. The second-order valence-corrected chi connectivity index (χ2v) is 3.73. The Bertz CT molecular complexity index is 662. The van der Waals surface area contributed by atoms with Crippen molar-refractivity contribution in [3.8, 4) is 0 Å². The molecule has 0 atom stereocenters. The Morgan fingerprint density at radius 2 is 2.00 bits per heavy atom. The number of hydrogen-bond donors (Lipinski definition) is 1. The minimum atomic E-state index is -0.513. The molecule has 0 saturated carbocycles. The van der Waals surface area contributed by atoms with Gasteiger partial charge in [0.1, 0.15) is 5.82 Å². The zero-order valence-corrected chi connectivity index (χ0v) is 10.5. The molecule has 4 nitrogen and oxygen atoms in total. The summed E-state index contributed by atoms with van der Waals surface area (Å²) < 4.78 is 12.9. The zero-order valence-electron chi connectivity index (χ0n) is 10.5. The van der Waals surface area contributed by atoms with Crippen molar-refractivity contribution in [2.45, 2.75) is 0 Å². The van der Waals surface area contributed by atoms with Gasteiger partial charge in [-0.3, -0.25) is 4.99 Å². The maximum atomic E-state index is 12.9. The van der Waals surface area contributed by atoms with Crippen LogP contribution in [0.5, 0.6) is 0 Å². The second kappa shape index (κ2) is 5.86. The lowest BCUT2D eigenvalue weighted by molar-refractivity contribution is 0.589. The fourth-order valence-corrected chi connectivity index (χ4v) is 1.52. The first kappa shape index (κ1) is 12.9. The molecule has 0 aliphatic rings. The average Bonchev–Trinajstić information content (AvgIpc) is 2.43. The summed E-state index contributed by atoms with van der Waals surface area (Å²) in [4.78, 5) is 12.0. The van der Waals surface area contributed by atoms with Crippen molar-refractivity contribution in [1.82, 2.24) is 9.97 Å². The van der Waals surface area contributed by atoms with Crippen LogP contribution in [0.1, 0.15) is 0 Å². The number of nitrogens with one attached hydrogen (secondary N) is 1. The molecule has 0 aliphatic heterocycles. The molecule has 2 heterocycles. The number of nitrogens with zero attached hydrogens (tertiary/aromatic N) is 3. The molecular weight excluding hydrogens is 243 g/mol. The quantitative estimate of drug-likeness (QED) is 0.520. The van der Waals surface area contributed by atoms with E-state index in [1.54, 1.807) is 43.6 Å². The monoisotopic (exact) mass is 256 g/mol. The fraction of sp³-hybridized carbons (Fsp3) is 0.0714. The number of allylic oxidation sites excluding steroid dienone is 2. The summed E-state index contributed by atoms with van der Waals surface area (Å²) in [5.74, 6) is 0.123. The van der Waals surface area contributed by atoms with Crippen molar-refractivity contribution in [3.63, 3.8) is 0 Å². The first-order valence-corrected chi connectivity index (χ1v) is 5.68. The van der Waals surface area contributed by atoms with Gasteiger partial charge >= 0.3 is 0 Å². The number of rotatable bonds is 4. The Morgan fingerprint density at radius 1 is 1.26 bits per heavy atom. The van der Waals surface area contributed by atoms with E-state index in [0.717, 1.165) is 5.70 Å². The van der Waals surface area contributed by atoms with Gasteiger partial charge < -0.3 is 5.32 Å². The molecule has 96 valence electrons. The molecule has 2 aromatic heterocycles. The lowest BCUT2D eigenvalue weighted by atomic mass is 10.3. The first-order chi connectivity index (χ1) is 9.22. The number of aromatic nitrogens is 2. The third-order valence-corrected chi connectivity index (χ3v) is 2.40. The summed E-state index contributed by atoms with van der Waals surface area (Å²) in [6.45, 7) is 3.70. The van der Waals surface area contributed by atoms with Crippen molar-refractivity contribution >= 4 is 23.1 Å². The Labute approximate surface area is 110 Å². The third-order valence-electron chi connectivity index (χ3n) is 2.40. The Morgan fingerprint density at radius 3 is 2.74 bits per heavy atom. The summed E-state index contributed by atoms with van der Waals surface area (Å²) >= 11 is 0. The van der Waals surface area contributed by atoms with Crippen LogP contribution in [0.2, 0.25) is 0 Å². The predicted octanol–water partition coefficient (Wildman–Crippen LogP) is 2.95. The van der Waals surface area contributed by atoms with Crippen LogP contribution in [0.3, 0.4) is 0 Å². The van der Waals surface area contributed by atoms with E-state index in [1.807, 2.05) is 0 Å². The highest BCUT2D eigenvalue weighted by Gasteiger charge is 2.01. The summed E-state index contributed by atoms with van der Waals surface area (Å²) in [5, 5.41) is 3.09. The van der Waals surface area contributed by atoms with Gasteiger partial charge in [-0.25, -0.2) is 9.97 Å². The molecule has 2 rings (SSSR count). The van der Waals surface area contributed by atoms with Crippen molar-refractivity contribution in [2.24, 2.45) is 4.99 Å². The number of hydrogen-bond acceptors (Lipinski definition) is 4. The van der Waals surface area contributed by atoms with Gasteiger partial charge in [-0.05, 0) is 36.4 Å². The number of fused-ring (bicyclic) bond motifs is 1. The van der Waals surface area contributed by atoms with E-state index in [9.17, 15) is 4.39 Å². The summed E-state index contributed by atoms with van der Waals surface area (Å²) in [7, 11) is 1.69. The molecule has 0 fully saturated rings. The molecule has 0 aromatic carbocycles. The first-order valence-electron chi connectivity index (χ1n) is 5.68. The highest BCUT2D eigenvalue weighted by Crippen LogP contribution is 2.15. The highest BCUT2D eigenvalue weighted by atomic mass is 19.1. The summed E-state index contributed by atoms with van der Waals surface area (Å²) in [6.07, 6.45) is 5.10. The standard InChI is InChI=1S/C14H13FN4/c1-3-10(8-9-16-2)17-14-7-5-11-12(19-14)4-6-13(15)18-11/h3-9H,1H2,2H3,(H,17,19)/b10-8+,16-9?. The van der Waals surface area contributed by atoms with E-state index < -0.39 is 5.95 Å². The van der Waals surface area contributed by atoms with Crippen LogP contribution in [0.25, 0.3) is 11.0 Å². The Balaban J connectivity index is 2.31. The largest absolute Gasteiger partial charge is 0.340 e. The maximum Gasteiger partial charge on any atom is 0.213 e. The van der Waals surface area contributed by atoms with Crippen molar-refractivity contribution < 1.29 is 4.39 Å². The van der Waals surface area contributed by atoms with Gasteiger partial charge in [-0.2, -0.15) is 4.39 Å². The van der Waals surface area contributed by atoms with Crippen LogP contribution in [0, 0.1) is 5.95 Å². The van der Waals surface area contributed by atoms with E-state index in [0.29, 0.717) is 16.9 Å². The van der Waals surface area contributed by atoms with E-state index in [-0.39, 0.29) is 0 Å². The number of anilines is 1. The lowest BCUT2D eigenvalue weighted by Gasteiger charge is -2.06. The van der Waals surface area contributed by atoms with Crippen LogP contribution < -0.4 is 5.32 Å². The average molecular weight is 256 g/mol. The molecule has 0 saturated heterocycles. The van der Waals surface area contributed by atoms with E-state index >= 15 is 0 Å². The van der Waals surface area contributed by atoms with Crippen LogP contribution in [0.4, 0.5) is 10.2 Å². The van der Waals surface area contributed by atoms with Gasteiger partial charge in [-0.15, -0.1) is 0 Å². The van der Waals surface area contributed by atoms with Crippen molar-refractivity contribution in [2.75, 3.05) is 12.4 Å². The van der Waals surface area contributed by atoms with Crippen molar-refractivity contribution in [3.05, 3.63) is 54.6 Å². The normalized spacial score (nSPS) is 12.0. The molecule has 0 aliphatic carbocycles. The SMILES string of the molecule is C=C/C(=C\C=NC)Nc1ccc2nc(F)ccc2n1. The Kier molecular flexibility index (Phi) is 3.97. The predicted molar refractivity (Wildman–Crippen MR) is 75.8 cm³/mol. The number of pyridine rings is 2. The summed E-state index contributed by atoms with van der Waals surface area (Å²) in [6, 6.07) is 6.32. The van der Waals surface area contributed by atoms with Gasteiger partial charge in [0, 0.05) is 19.0 Å². The second-order valence-electron chi connectivity index (χ2n) is 3.73. The van der Waals surface area contributed by atoms with Crippen LogP contribution in [-0.2, 0) is 0 Å². The van der Waals surface area contributed by atoms with Gasteiger partial charge in [0.25, 0.3) is 0 Å². The molecule has 5 heteroatoms. The number of halogens is 1. The minimum Gasteiger partial charge on any atom is -0.340 e. The molecule has 19 heavy (non-hydrogen) atoms. The molecule has 0 radical (unpaired) electrons. The van der Waals surface area contributed by atoms with E-state index in [2.05, 4.69) is 26.9 Å². The third kappa shape index (κ3) is 3.22.